The molecular weight excluding hydrogens is 286 g/mol. The third kappa shape index (κ3) is 2.50. The molecule has 0 bridgehead atoms. The molecule has 1 N–H and O–H groups in total. The Morgan fingerprint density at radius 1 is 1.13 bits per heavy atom. The number of piperidine rings is 1. The summed E-state index contributed by atoms with van der Waals surface area (Å²) < 4.78 is 0. The van der Waals surface area contributed by atoms with Crippen molar-refractivity contribution in [3.63, 3.8) is 0 Å². The average molecular weight is 305 g/mol. The summed E-state index contributed by atoms with van der Waals surface area (Å²) in [5.74, 6) is 0.987. The van der Waals surface area contributed by atoms with E-state index in [1.165, 1.54) is 0 Å². The smallest absolute Gasteiger partial charge is 0.255 e. The summed E-state index contributed by atoms with van der Waals surface area (Å²) in [4.78, 5) is 22.7. The van der Waals surface area contributed by atoms with Gasteiger partial charge in [-0.15, -0.1) is 0 Å². The second-order valence-electron chi connectivity index (χ2n) is 6.01. The zero-order chi connectivity index (χ0) is 15.6. The maximum absolute atomic E-state index is 13.2. The molecular formula is C19H19N3O. The molecule has 1 saturated heterocycles. The predicted octanol–water partition coefficient (Wildman–Crippen LogP) is 3.93. The van der Waals surface area contributed by atoms with Crippen LogP contribution in [0.3, 0.4) is 0 Å². The number of aromatic nitrogens is 2. The maximum Gasteiger partial charge on any atom is 0.255 e. The van der Waals surface area contributed by atoms with Crippen molar-refractivity contribution in [2.24, 2.45) is 0 Å². The van der Waals surface area contributed by atoms with Crippen LogP contribution in [-0.4, -0.2) is 27.3 Å². The van der Waals surface area contributed by atoms with Gasteiger partial charge in [0.05, 0.1) is 6.04 Å². The molecule has 1 atom stereocenters. The van der Waals surface area contributed by atoms with Crippen molar-refractivity contribution in [2.75, 3.05) is 6.54 Å². The van der Waals surface area contributed by atoms with Crippen LogP contribution in [0.1, 0.15) is 41.5 Å². The molecule has 1 amide bonds. The van der Waals surface area contributed by atoms with Gasteiger partial charge in [-0.1, -0.05) is 36.4 Å². The van der Waals surface area contributed by atoms with E-state index < -0.39 is 0 Å². The van der Waals surface area contributed by atoms with Crippen molar-refractivity contribution < 1.29 is 4.79 Å². The molecule has 0 saturated carbocycles. The molecule has 3 aromatic rings. The van der Waals surface area contributed by atoms with Crippen LogP contribution in [0.5, 0.6) is 0 Å². The van der Waals surface area contributed by atoms with Gasteiger partial charge in [-0.25, -0.2) is 4.98 Å². The molecule has 0 radical (unpaired) electrons. The fraction of sp³-hybridized carbons (Fsp3) is 0.263. The van der Waals surface area contributed by atoms with Crippen molar-refractivity contribution >= 4 is 16.7 Å². The molecule has 1 fully saturated rings. The van der Waals surface area contributed by atoms with Crippen LogP contribution in [-0.2, 0) is 0 Å². The van der Waals surface area contributed by atoms with Crippen molar-refractivity contribution in [2.45, 2.75) is 25.3 Å². The fourth-order valence-electron chi connectivity index (χ4n) is 3.49. The average Bonchev–Trinajstić information content (AvgIpc) is 3.15. The second kappa shape index (κ2) is 5.88. The third-order valence-electron chi connectivity index (χ3n) is 4.62. The van der Waals surface area contributed by atoms with Crippen LogP contribution in [0.15, 0.2) is 54.9 Å². The molecule has 4 rings (SSSR count). The van der Waals surface area contributed by atoms with Gasteiger partial charge in [0, 0.05) is 24.5 Å². The zero-order valence-electron chi connectivity index (χ0n) is 12.9. The van der Waals surface area contributed by atoms with Gasteiger partial charge in [-0.3, -0.25) is 4.79 Å². The summed E-state index contributed by atoms with van der Waals surface area (Å²) in [5, 5.41) is 2.12. The van der Waals surface area contributed by atoms with Gasteiger partial charge >= 0.3 is 0 Å². The molecule has 0 spiro atoms. The van der Waals surface area contributed by atoms with Gasteiger partial charge in [0.15, 0.2) is 0 Å². The minimum Gasteiger partial charge on any atom is -0.347 e. The topological polar surface area (TPSA) is 49.0 Å². The molecule has 0 unspecified atom stereocenters. The van der Waals surface area contributed by atoms with Crippen LogP contribution in [0.2, 0.25) is 0 Å². The van der Waals surface area contributed by atoms with E-state index in [0.717, 1.165) is 48.0 Å². The number of amides is 1. The summed E-state index contributed by atoms with van der Waals surface area (Å²) in [6, 6.07) is 14.0. The quantitative estimate of drug-likeness (QED) is 0.780. The molecule has 4 heteroatoms. The highest BCUT2D eigenvalue weighted by molar-refractivity contribution is 6.07. The number of nitrogens with zero attached hydrogens (tertiary/aromatic N) is 2. The summed E-state index contributed by atoms with van der Waals surface area (Å²) >= 11 is 0. The van der Waals surface area contributed by atoms with E-state index in [0.29, 0.717) is 0 Å². The minimum absolute atomic E-state index is 0.0465. The summed E-state index contributed by atoms with van der Waals surface area (Å²) in [7, 11) is 0. The van der Waals surface area contributed by atoms with Crippen molar-refractivity contribution in [1.82, 2.24) is 14.9 Å². The Labute approximate surface area is 135 Å². The Morgan fingerprint density at radius 3 is 2.87 bits per heavy atom. The minimum atomic E-state index is 0.0465. The van der Waals surface area contributed by atoms with Crippen molar-refractivity contribution in [3.8, 4) is 0 Å². The number of aromatic amines is 1. The molecule has 1 aliphatic heterocycles. The molecule has 0 aliphatic carbocycles. The number of imidazole rings is 1. The molecule has 23 heavy (non-hydrogen) atoms. The highest BCUT2D eigenvalue weighted by Crippen LogP contribution is 2.31. The largest absolute Gasteiger partial charge is 0.347 e. The lowest BCUT2D eigenvalue weighted by Gasteiger charge is -2.34. The van der Waals surface area contributed by atoms with E-state index in [9.17, 15) is 4.79 Å². The van der Waals surface area contributed by atoms with E-state index in [2.05, 4.69) is 9.97 Å². The van der Waals surface area contributed by atoms with Gasteiger partial charge in [-0.05, 0) is 36.1 Å². The highest BCUT2D eigenvalue weighted by Gasteiger charge is 2.30. The number of nitrogens with one attached hydrogen (secondary N) is 1. The van der Waals surface area contributed by atoms with Crippen LogP contribution in [0, 0.1) is 0 Å². The van der Waals surface area contributed by atoms with Gasteiger partial charge in [0.25, 0.3) is 5.91 Å². The van der Waals surface area contributed by atoms with E-state index in [4.69, 9.17) is 0 Å². The molecule has 4 nitrogen and oxygen atoms in total. The van der Waals surface area contributed by atoms with Crippen LogP contribution < -0.4 is 0 Å². The number of H-pyrrole nitrogens is 1. The van der Waals surface area contributed by atoms with E-state index in [1.54, 1.807) is 6.20 Å². The lowest BCUT2D eigenvalue weighted by Crippen LogP contribution is -2.39. The Kier molecular flexibility index (Phi) is 3.58. The number of fused-ring (bicyclic) bond motifs is 1. The standard InChI is InChI=1S/C19H19N3O/c23-19(16-9-5-7-14-6-1-2-8-15(14)16)22-13-4-3-10-17(22)18-20-11-12-21-18/h1-2,5-9,11-12,17H,3-4,10,13H2,(H,20,21)/t17-/m0/s1. The normalized spacial score (nSPS) is 18.3. The van der Waals surface area contributed by atoms with Gasteiger partial charge in [0.2, 0.25) is 0 Å². The first-order valence-electron chi connectivity index (χ1n) is 8.12. The number of hydrogen-bond acceptors (Lipinski definition) is 2. The fourth-order valence-corrected chi connectivity index (χ4v) is 3.49. The Balaban J connectivity index is 1.74. The van der Waals surface area contributed by atoms with E-state index in [1.807, 2.05) is 53.6 Å². The molecule has 116 valence electrons. The molecule has 2 aromatic carbocycles. The van der Waals surface area contributed by atoms with E-state index in [-0.39, 0.29) is 11.9 Å². The van der Waals surface area contributed by atoms with Crippen molar-refractivity contribution in [3.05, 3.63) is 66.2 Å². The lowest BCUT2D eigenvalue weighted by molar-refractivity contribution is 0.0603. The van der Waals surface area contributed by atoms with Crippen LogP contribution in [0.25, 0.3) is 10.8 Å². The number of rotatable bonds is 2. The van der Waals surface area contributed by atoms with Crippen LogP contribution in [0.4, 0.5) is 0 Å². The third-order valence-corrected chi connectivity index (χ3v) is 4.62. The Hall–Kier alpha value is -2.62. The maximum atomic E-state index is 13.2. The summed E-state index contributed by atoms with van der Waals surface area (Å²) in [5.41, 5.74) is 0.779. The van der Waals surface area contributed by atoms with Gasteiger partial charge < -0.3 is 9.88 Å². The van der Waals surface area contributed by atoms with Gasteiger partial charge in [-0.2, -0.15) is 0 Å². The Morgan fingerprint density at radius 2 is 2.00 bits per heavy atom. The van der Waals surface area contributed by atoms with Crippen molar-refractivity contribution in [1.29, 1.82) is 0 Å². The molecule has 2 heterocycles. The summed E-state index contributed by atoms with van der Waals surface area (Å²) in [6.45, 7) is 0.785. The first-order valence-corrected chi connectivity index (χ1v) is 8.12. The Bertz CT molecular complexity index is 820. The molecule has 1 aliphatic rings. The second-order valence-corrected chi connectivity index (χ2v) is 6.01. The zero-order valence-corrected chi connectivity index (χ0v) is 12.9. The first kappa shape index (κ1) is 14.0. The van der Waals surface area contributed by atoms with E-state index >= 15 is 0 Å². The number of carbonyl (C=O) groups excluding carboxylic acids is 1. The highest BCUT2D eigenvalue weighted by atomic mass is 16.2. The summed E-state index contributed by atoms with van der Waals surface area (Å²) in [6.07, 6.45) is 6.72. The van der Waals surface area contributed by atoms with Crippen LogP contribution >= 0.6 is 0 Å². The lowest BCUT2D eigenvalue weighted by atomic mass is 9.98. The molecule has 1 aromatic heterocycles. The number of likely N-dealkylation sites (tertiary alicyclic amines) is 1. The SMILES string of the molecule is O=C(c1cccc2ccccc12)N1CCCC[C@H]1c1ncc[nH]1. The number of hydrogen-bond donors (Lipinski definition) is 1. The number of benzene rings is 2. The first-order chi connectivity index (χ1) is 11.3. The van der Waals surface area contributed by atoms with Gasteiger partial charge in [0.1, 0.15) is 5.82 Å². The predicted molar refractivity (Wildman–Crippen MR) is 90.2 cm³/mol. The number of carbonyl (C=O) groups is 1. The monoisotopic (exact) mass is 305 g/mol.